The van der Waals surface area contributed by atoms with Crippen LogP contribution in [-0.4, -0.2) is 32.2 Å². The highest BCUT2D eigenvalue weighted by atomic mass is 35.5. The van der Waals surface area contributed by atoms with Gasteiger partial charge in [-0.25, -0.2) is 9.78 Å². The fourth-order valence-corrected chi connectivity index (χ4v) is 2.65. The summed E-state index contributed by atoms with van der Waals surface area (Å²) in [4.78, 5) is 17.6. The van der Waals surface area contributed by atoms with Crippen molar-refractivity contribution in [1.29, 1.82) is 0 Å². The Morgan fingerprint density at radius 3 is 2.78 bits per heavy atom. The molecule has 0 aromatic carbocycles. The molecule has 7 heteroatoms. The van der Waals surface area contributed by atoms with E-state index in [1.807, 2.05) is 26.2 Å². The van der Waals surface area contributed by atoms with E-state index < -0.39 is 0 Å². The minimum Gasteiger partial charge on any atom is -0.456 e. The molecule has 0 radical (unpaired) electrons. The van der Waals surface area contributed by atoms with Crippen LogP contribution in [0.4, 0.5) is 0 Å². The number of esters is 1. The van der Waals surface area contributed by atoms with E-state index in [1.165, 1.54) is 6.08 Å². The Kier molecular flexibility index (Phi) is 4.34. The number of halogens is 1. The lowest BCUT2D eigenvalue weighted by Crippen LogP contribution is -2.23. The molecule has 0 fully saturated rings. The third kappa shape index (κ3) is 3.71. The van der Waals surface area contributed by atoms with Crippen LogP contribution in [-0.2, 0) is 29.7 Å². The van der Waals surface area contributed by atoms with Crippen LogP contribution in [0.1, 0.15) is 16.8 Å². The molecule has 3 heterocycles. The Morgan fingerprint density at radius 1 is 1.39 bits per heavy atom. The zero-order valence-electron chi connectivity index (χ0n) is 13.0. The van der Waals surface area contributed by atoms with Gasteiger partial charge in [-0.3, -0.25) is 4.68 Å². The molecule has 2 aromatic heterocycles. The number of hydrogen-bond donors (Lipinski definition) is 0. The van der Waals surface area contributed by atoms with Gasteiger partial charge in [-0.1, -0.05) is 17.7 Å². The van der Waals surface area contributed by atoms with Crippen molar-refractivity contribution in [2.75, 3.05) is 6.61 Å². The number of aromatic nitrogens is 3. The van der Waals surface area contributed by atoms with Gasteiger partial charge in [0.15, 0.2) is 0 Å². The molecule has 0 N–H and O–H groups in total. The van der Waals surface area contributed by atoms with Gasteiger partial charge >= 0.3 is 5.97 Å². The molecule has 0 saturated carbocycles. The number of ether oxygens (including phenoxy) is 1. The maximum Gasteiger partial charge on any atom is 0.333 e. The molecule has 6 nitrogen and oxygen atoms in total. The predicted molar refractivity (Wildman–Crippen MR) is 85.5 cm³/mol. The first-order valence-corrected chi connectivity index (χ1v) is 7.61. The minimum absolute atomic E-state index is 0.291. The van der Waals surface area contributed by atoms with Crippen LogP contribution in [0.15, 0.2) is 36.3 Å². The summed E-state index contributed by atoms with van der Waals surface area (Å²) in [5.74, 6) is -0.304. The summed E-state index contributed by atoms with van der Waals surface area (Å²) in [5.41, 5.74) is 3.94. The van der Waals surface area contributed by atoms with E-state index in [0.29, 0.717) is 24.8 Å². The van der Waals surface area contributed by atoms with Crippen LogP contribution < -0.4 is 0 Å². The topological polar surface area (TPSA) is 60.2 Å². The Labute approximate surface area is 139 Å². The Balaban J connectivity index is 1.84. The first-order valence-electron chi connectivity index (χ1n) is 7.23. The molecule has 0 spiro atoms. The molecule has 0 aliphatic carbocycles. The number of aryl methyl sites for hydroxylation is 2. The highest BCUT2D eigenvalue weighted by Gasteiger charge is 2.21. The number of carbonyl (C=O) groups excluding carboxylic acids is 1. The number of hydrogen-bond acceptors (Lipinski definition) is 5. The summed E-state index contributed by atoms with van der Waals surface area (Å²) in [6.07, 6.45) is 5.26. The number of rotatable bonds is 5. The summed E-state index contributed by atoms with van der Waals surface area (Å²) < 4.78 is 6.83. The summed E-state index contributed by atoms with van der Waals surface area (Å²) in [7, 11) is 1.89. The van der Waals surface area contributed by atoms with E-state index in [1.54, 1.807) is 16.9 Å². The van der Waals surface area contributed by atoms with E-state index in [0.717, 1.165) is 22.5 Å². The molecule has 0 atom stereocenters. The van der Waals surface area contributed by atoms with Crippen molar-refractivity contribution in [1.82, 2.24) is 19.7 Å². The van der Waals surface area contributed by atoms with Gasteiger partial charge in [-0.05, 0) is 18.6 Å². The molecule has 23 heavy (non-hydrogen) atoms. The van der Waals surface area contributed by atoms with Crippen molar-refractivity contribution in [3.63, 3.8) is 0 Å². The molecule has 3 rings (SSSR count). The van der Waals surface area contributed by atoms with E-state index in [-0.39, 0.29) is 5.97 Å². The van der Waals surface area contributed by atoms with E-state index in [9.17, 15) is 4.79 Å². The van der Waals surface area contributed by atoms with Gasteiger partial charge in [-0.2, -0.15) is 5.10 Å². The monoisotopic (exact) mass is 332 g/mol. The van der Waals surface area contributed by atoms with Crippen molar-refractivity contribution >= 4 is 17.6 Å². The van der Waals surface area contributed by atoms with Crippen LogP contribution in [0.25, 0.3) is 0 Å². The summed E-state index contributed by atoms with van der Waals surface area (Å²) in [6, 6.07) is 3.69. The predicted octanol–water partition coefficient (Wildman–Crippen LogP) is 2.22. The normalized spacial score (nSPS) is 13.9. The molecule has 0 bridgehead atoms. The third-order valence-electron chi connectivity index (χ3n) is 3.69. The Morgan fingerprint density at radius 2 is 2.22 bits per heavy atom. The average molecular weight is 333 g/mol. The molecule has 2 aromatic rings. The van der Waals surface area contributed by atoms with Crippen LogP contribution >= 0.6 is 11.6 Å². The lowest BCUT2D eigenvalue weighted by Gasteiger charge is -2.24. The summed E-state index contributed by atoms with van der Waals surface area (Å²) in [5, 5.41) is 4.83. The Bertz CT molecular complexity index is 752. The van der Waals surface area contributed by atoms with Gasteiger partial charge in [0.05, 0.1) is 11.4 Å². The van der Waals surface area contributed by atoms with Crippen molar-refractivity contribution < 1.29 is 9.53 Å². The lowest BCUT2D eigenvalue weighted by atomic mass is 10.2. The van der Waals surface area contributed by atoms with Crippen LogP contribution in [0, 0.1) is 6.92 Å². The quantitative estimate of drug-likeness (QED) is 0.620. The second-order valence-electron chi connectivity index (χ2n) is 5.50. The van der Waals surface area contributed by atoms with Crippen molar-refractivity contribution in [2.24, 2.45) is 7.05 Å². The van der Waals surface area contributed by atoms with Crippen LogP contribution in [0.5, 0.6) is 0 Å². The van der Waals surface area contributed by atoms with E-state index >= 15 is 0 Å². The summed E-state index contributed by atoms with van der Waals surface area (Å²) in [6.45, 7) is 3.52. The fraction of sp³-hybridized carbons (Fsp3) is 0.312. The molecule has 1 aliphatic heterocycles. The lowest BCUT2D eigenvalue weighted by molar-refractivity contribution is -0.135. The minimum atomic E-state index is -0.304. The zero-order chi connectivity index (χ0) is 16.4. The van der Waals surface area contributed by atoms with Crippen LogP contribution in [0.2, 0.25) is 5.15 Å². The molecule has 0 saturated heterocycles. The molecular weight excluding hydrogens is 316 g/mol. The van der Waals surface area contributed by atoms with Gasteiger partial charge in [0.25, 0.3) is 0 Å². The third-order valence-corrected chi connectivity index (χ3v) is 3.91. The standard InChI is InChI=1S/C16H17ClN4O2/c1-11-13(8-20(2)19-11)9-21(14-5-16(22)23-10-14)7-12-3-4-15(17)18-6-12/h3-6,8H,7,9-10H2,1-2H3. The van der Waals surface area contributed by atoms with Crippen molar-refractivity contribution in [3.05, 3.63) is 58.3 Å². The van der Waals surface area contributed by atoms with Gasteiger partial charge in [0.2, 0.25) is 0 Å². The first-order chi connectivity index (χ1) is 11.0. The van der Waals surface area contributed by atoms with E-state index in [4.69, 9.17) is 16.3 Å². The first kappa shape index (κ1) is 15.6. The number of nitrogens with zero attached hydrogens (tertiary/aromatic N) is 4. The second kappa shape index (κ2) is 6.42. The fourth-order valence-electron chi connectivity index (χ4n) is 2.54. The molecule has 0 unspecified atom stereocenters. The van der Waals surface area contributed by atoms with Gasteiger partial charge in [-0.15, -0.1) is 0 Å². The molecular formula is C16H17ClN4O2. The number of carbonyl (C=O) groups is 1. The van der Waals surface area contributed by atoms with Gasteiger partial charge in [0.1, 0.15) is 11.8 Å². The zero-order valence-corrected chi connectivity index (χ0v) is 13.7. The second-order valence-corrected chi connectivity index (χ2v) is 5.89. The maximum absolute atomic E-state index is 11.4. The smallest absolute Gasteiger partial charge is 0.333 e. The van der Waals surface area contributed by atoms with Crippen molar-refractivity contribution in [3.8, 4) is 0 Å². The van der Waals surface area contributed by atoms with Crippen LogP contribution in [0.3, 0.4) is 0 Å². The van der Waals surface area contributed by atoms with Gasteiger partial charge < -0.3 is 9.64 Å². The maximum atomic E-state index is 11.4. The van der Waals surface area contributed by atoms with E-state index in [2.05, 4.69) is 15.0 Å². The average Bonchev–Trinajstić information content (AvgIpc) is 3.06. The Hall–Kier alpha value is -2.34. The largest absolute Gasteiger partial charge is 0.456 e. The number of pyridine rings is 1. The highest BCUT2D eigenvalue weighted by Crippen LogP contribution is 2.20. The number of cyclic esters (lactones) is 1. The van der Waals surface area contributed by atoms with Gasteiger partial charge in [0, 0.05) is 44.2 Å². The molecule has 0 amide bonds. The highest BCUT2D eigenvalue weighted by molar-refractivity contribution is 6.29. The molecule has 120 valence electrons. The molecule has 1 aliphatic rings. The van der Waals surface area contributed by atoms with Crippen molar-refractivity contribution in [2.45, 2.75) is 20.0 Å². The summed E-state index contributed by atoms with van der Waals surface area (Å²) >= 11 is 5.84. The SMILES string of the molecule is Cc1nn(C)cc1CN(Cc1ccc(Cl)nc1)C1=CC(=O)OC1.